The molecule has 0 radical (unpaired) electrons. The Hall–Kier alpha value is -1.46. The fourth-order valence-electron chi connectivity index (χ4n) is 2.80. The lowest BCUT2D eigenvalue weighted by Gasteiger charge is -2.36. The molecule has 1 aliphatic heterocycles. The first-order valence-electron chi connectivity index (χ1n) is 7.46. The van der Waals surface area contributed by atoms with Crippen LogP contribution in [-0.2, 0) is 11.3 Å². The van der Waals surface area contributed by atoms with Crippen LogP contribution in [0.3, 0.4) is 0 Å². The molecule has 116 valence electrons. The van der Waals surface area contributed by atoms with Gasteiger partial charge in [-0.15, -0.1) is 0 Å². The summed E-state index contributed by atoms with van der Waals surface area (Å²) >= 11 is 0. The zero-order valence-corrected chi connectivity index (χ0v) is 12.5. The van der Waals surface area contributed by atoms with Crippen LogP contribution in [0.15, 0.2) is 24.3 Å². The Balaban J connectivity index is 2.04. The van der Waals surface area contributed by atoms with E-state index in [1.807, 2.05) is 0 Å². The van der Waals surface area contributed by atoms with E-state index in [1.165, 1.54) is 12.1 Å². The molecule has 21 heavy (non-hydrogen) atoms. The van der Waals surface area contributed by atoms with E-state index in [1.54, 1.807) is 24.1 Å². The maximum atomic E-state index is 13.0. The smallest absolute Gasteiger partial charge is 0.239 e. The molecule has 4 nitrogen and oxygen atoms in total. The van der Waals surface area contributed by atoms with Gasteiger partial charge in [-0.25, -0.2) is 4.39 Å². The van der Waals surface area contributed by atoms with Gasteiger partial charge < -0.3 is 10.0 Å². The van der Waals surface area contributed by atoms with Crippen molar-refractivity contribution in [3.05, 3.63) is 35.6 Å². The van der Waals surface area contributed by atoms with Crippen LogP contribution in [0.1, 0.15) is 24.8 Å². The highest BCUT2D eigenvalue weighted by molar-refractivity contribution is 5.81. The van der Waals surface area contributed by atoms with E-state index in [0.717, 1.165) is 31.4 Å². The second-order valence-electron chi connectivity index (χ2n) is 5.59. The van der Waals surface area contributed by atoms with Crippen LogP contribution in [0.5, 0.6) is 0 Å². The van der Waals surface area contributed by atoms with Crippen LogP contribution in [0.4, 0.5) is 4.39 Å². The first-order chi connectivity index (χ1) is 10.1. The van der Waals surface area contributed by atoms with Gasteiger partial charge in [0.2, 0.25) is 5.91 Å². The highest BCUT2D eigenvalue weighted by Gasteiger charge is 2.30. The molecule has 1 heterocycles. The zero-order valence-electron chi connectivity index (χ0n) is 12.5. The van der Waals surface area contributed by atoms with Crippen LogP contribution < -0.4 is 0 Å². The van der Waals surface area contributed by atoms with Gasteiger partial charge in [0.1, 0.15) is 5.82 Å². The molecule has 1 amide bonds. The van der Waals surface area contributed by atoms with Gasteiger partial charge in [-0.3, -0.25) is 9.69 Å². The summed E-state index contributed by atoms with van der Waals surface area (Å²) in [4.78, 5) is 16.2. The van der Waals surface area contributed by atoms with E-state index in [0.29, 0.717) is 13.1 Å². The van der Waals surface area contributed by atoms with E-state index >= 15 is 0 Å². The van der Waals surface area contributed by atoms with E-state index in [2.05, 4.69) is 4.90 Å². The third kappa shape index (κ3) is 4.25. The highest BCUT2D eigenvalue weighted by atomic mass is 19.1. The number of nitrogens with zero attached hydrogens (tertiary/aromatic N) is 2. The number of piperidine rings is 1. The van der Waals surface area contributed by atoms with Crippen molar-refractivity contribution >= 4 is 5.91 Å². The first kappa shape index (κ1) is 15.9. The molecule has 5 heteroatoms. The van der Waals surface area contributed by atoms with Crippen molar-refractivity contribution in [2.45, 2.75) is 31.8 Å². The minimum absolute atomic E-state index is 0.0209. The normalized spacial score (nSPS) is 19.5. The third-order valence-electron chi connectivity index (χ3n) is 4.01. The third-order valence-corrected chi connectivity index (χ3v) is 4.01. The molecule has 0 spiro atoms. The number of aliphatic hydroxyl groups is 1. The number of halogens is 1. The van der Waals surface area contributed by atoms with Crippen LogP contribution in [0.2, 0.25) is 0 Å². The molecule has 1 saturated heterocycles. The Morgan fingerprint density at radius 2 is 2.10 bits per heavy atom. The number of hydrogen-bond acceptors (Lipinski definition) is 3. The molecule has 0 aliphatic carbocycles. The highest BCUT2D eigenvalue weighted by Crippen LogP contribution is 2.21. The Morgan fingerprint density at radius 1 is 1.38 bits per heavy atom. The van der Waals surface area contributed by atoms with E-state index in [9.17, 15) is 9.18 Å². The number of rotatable bonds is 5. The quantitative estimate of drug-likeness (QED) is 0.897. The standard InChI is InChI=1S/C16H23FN2O2/c1-18(10-11-20)16(21)15-4-2-3-9-19(15)12-13-5-7-14(17)8-6-13/h5-8,15,20H,2-4,9-12H2,1H3. The van der Waals surface area contributed by atoms with Gasteiger partial charge >= 0.3 is 0 Å². The zero-order chi connectivity index (χ0) is 15.2. The fourth-order valence-corrected chi connectivity index (χ4v) is 2.80. The number of amides is 1. The monoisotopic (exact) mass is 294 g/mol. The maximum absolute atomic E-state index is 13.0. The topological polar surface area (TPSA) is 43.8 Å². The predicted octanol–water partition coefficient (Wildman–Crippen LogP) is 1.63. The van der Waals surface area contributed by atoms with Gasteiger partial charge in [0.05, 0.1) is 12.6 Å². The average Bonchev–Trinajstić information content (AvgIpc) is 2.50. The summed E-state index contributed by atoms with van der Waals surface area (Å²) in [5.41, 5.74) is 1.01. The summed E-state index contributed by atoms with van der Waals surface area (Å²) in [6.07, 6.45) is 2.97. The summed E-state index contributed by atoms with van der Waals surface area (Å²) < 4.78 is 13.0. The molecule has 1 aromatic carbocycles. The Labute approximate surface area is 125 Å². The molecular weight excluding hydrogens is 271 g/mol. The molecule has 0 bridgehead atoms. The number of likely N-dealkylation sites (tertiary alicyclic amines) is 1. The molecule has 1 aromatic rings. The van der Waals surface area contributed by atoms with Crippen molar-refractivity contribution in [3.63, 3.8) is 0 Å². The first-order valence-corrected chi connectivity index (χ1v) is 7.46. The Kier molecular flexibility index (Phi) is 5.70. The molecule has 1 atom stereocenters. The largest absolute Gasteiger partial charge is 0.395 e. The molecule has 1 fully saturated rings. The molecule has 1 aliphatic rings. The Morgan fingerprint density at radius 3 is 2.76 bits per heavy atom. The lowest BCUT2D eigenvalue weighted by atomic mass is 10.00. The fraction of sp³-hybridized carbons (Fsp3) is 0.562. The molecule has 1 unspecified atom stereocenters. The number of likely N-dealkylation sites (N-methyl/N-ethyl adjacent to an activating group) is 1. The van der Waals surface area contributed by atoms with Crippen molar-refractivity contribution in [1.82, 2.24) is 9.80 Å². The summed E-state index contributed by atoms with van der Waals surface area (Å²) in [6, 6.07) is 6.30. The maximum Gasteiger partial charge on any atom is 0.239 e. The lowest BCUT2D eigenvalue weighted by molar-refractivity contribution is -0.137. The van der Waals surface area contributed by atoms with Gasteiger partial charge in [-0.05, 0) is 37.1 Å². The molecule has 1 N–H and O–H groups in total. The van der Waals surface area contributed by atoms with Crippen LogP contribution in [0.25, 0.3) is 0 Å². The number of carbonyl (C=O) groups is 1. The van der Waals surface area contributed by atoms with E-state index in [4.69, 9.17) is 5.11 Å². The minimum atomic E-state index is -0.243. The molecule has 0 saturated carbocycles. The van der Waals surface area contributed by atoms with Crippen molar-refractivity contribution < 1.29 is 14.3 Å². The summed E-state index contributed by atoms with van der Waals surface area (Å²) in [5, 5.41) is 8.97. The SMILES string of the molecule is CN(CCO)C(=O)C1CCCCN1Cc1ccc(F)cc1. The van der Waals surface area contributed by atoms with Crippen LogP contribution >= 0.6 is 0 Å². The van der Waals surface area contributed by atoms with Crippen LogP contribution in [-0.4, -0.2) is 53.6 Å². The van der Waals surface area contributed by atoms with Crippen molar-refractivity contribution in [2.24, 2.45) is 0 Å². The second-order valence-corrected chi connectivity index (χ2v) is 5.59. The van der Waals surface area contributed by atoms with Crippen LogP contribution in [0, 0.1) is 5.82 Å². The molecule has 2 rings (SSSR count). The summed E-state index contributed by atoms with van der Waals surface area (Å²) in [5.74, 6) is -0.182. The number of carbonyl (C=O) groups excluding carboxylic acids is 1. The molecule has 0 aromatic heterocycles. The van der Waals surface area contributed by atoms with Crippen molar-refractivity contribution in [2.75, 3.05) is 26.7 Å². The predicted molar refractivity (Wildman–Crippen MR) is 79.2 cm³/mol. The molecular formula is C16H23FN2O2. The summed E-state index contributed by atoms with van der Waals surface area (Å²) in [6.45, 7) is 1.87. The van der Waals surface area contributed by atoms with Gasteiger partial charge in [0.15, 0.2) is 0 Å². The van der Waals surface area contributed by atoms with E-state index < -0.39 is 0 Å². The van der Waals surface area contributed by atoms with Gasteiger partial charge in [0, 0.05) is 20.1 Å². The van der Waals surface area contributed by atoms with Gasteiger partial charge in [-0.1, -0.05) is 18.6 Å². The second kappa shape index (κ2) is 7.52. The number of benzene rings is 1. The number of aliphatic hydroxyl groups excluding tert-OH is 1. The lowest BCUT2D eigenvalue weighted by Crippen LogP contribution is -2.50. The van der Waals surface area contributed by atoms with Crippen molar-refractivity contribution in [3.8, 4) is 0 Å². The Bertz CT molecular complexity index is 464. The average molecular weight is 294 g/mol. The van der Waals surface area contributed by atoms with Gasteiger partial charge in [-0.2, -0.15) is 0 Å². The van der Waals surface area contributed by atoms with Crippen molar-refractivity contribution in [1.29, 1.82) is 0 Å². The number of hydrogen-bond donors (Lipinski definition) is 1. The van der Waals surface area contributed by atoms with E-state index in [-0.39, 0.29) is 24.4 Å². The summed E-state index contributed by atoms with van der Waals surface area (Å²) in [7, 11) is 1.73. The van der Waals surface area contributed by atoms with Gasteiger partial charge in [0.25, 0.3) is 0 Å². The minimum Gasteiger partial charge on any atom is -0.395 e.